The first-order valence-electron chi connectivity index (χ1n) is 6.87. The van der Waals surface area contributed by atoms with E-state index in [1.54, 1.807) is 7.11 Å². The van der Waals surface area contributed by atoms with Crippen molar-refractivity contribution in [1.29, 1.82) is 0 Å². The van der Waals surface area contributed by atoms with Gasteiger partial charge in [-0.2, -0.15) is 0 Å². The maximum absolute atomic E-state index is 11.3. The van der Waals surface area contributed by atoms with Crippen LogP contribution in [0.15, 0.2) is 30.3 Å². The molecule has 4 atom stereocenters. The van der Waals surface area contributed by atoms with Gasteiger partial charge in [-0.3, -0.25) is 4.79 Å². The number of hydrogen-bond donors (Lipinski definition) is 1. The predicted molar refractivity (Wildman–Crippen MR) is 74.1 cm³/mol. The first-order chi connectivity index (χ1) is 9.67. The van der Waals surface area contributed by atoms with Crippen molar-refractivity contribution in [2.45, 2.75) is 25.0 Å². The van der Waals surface area contributed by atoms with Gasteiger partial charge in [0.25, 0.3) is 0 Å². The maximum Gasteiger partial charge on any atom is 0.306 e. The van der Waals surface area contributed by atoms with Gasteiger partial charge in [-0.25, -0.2) is 0 Å². The summed E-state index contributed by atoms with van der Waals surface area (Å²) < 4.78 is 10.3. The van der Waals surface area contributed by atoms with E-state index in [9.17, 15) is 9.90 Å². The molecule has 0 bridgehead atoms. The van der Waals surface area contributed by atoms with Crippen LogP contribution in [0.25, 0.3) is 6.08 Å². The Kier molecular flexibility index (Phi) is 3.49. The number of carbonyl (C=O) groups excluding carboxylic acids is 1. The molecule has 0 spiro atoms. The van der Waals surface area contributed by atoms with Gasteiger partial charge in [0.05, 0.1) is 19.6 Å². The fraction of sp³-hybridized carbons (Fsp3) is 0.438. The largest absolute Gasteiger partial charge is 0.497 e. The number of hydrogen-bond acceptors (Lipinski definition) is 4. The number of rotatable bonds is 3. The van der Waals surface area contributed by atoms with Crippen LogP contribution >= 0.6 is 0 Å². The SMILES string of the molecule is COc1ccc(/C=C/[C@@H]2[C@H]3CC(=O)O[C@H]3C[C@H]2O)cc1. The molecule has 0 amide bonds. The third-order valence-corrected chi connectivity index (χ3v) is 4.20. The second-order valence-corrected chi connectivity index (χ2v) is 5.41. The Bertz CT molecular complexity index is 520. The molecule has 1 heterocycles. The van der Waals surface area contributed by atoms with Gasteiger partial charge in [0.15, 0.2) is 0 Å². The van der Waals surface area contributed by atoms with Gasteiger partial charge in [0.1, 0.15) is 11.9 Å². The third kappa shape index (κ3) is 2.43. The van der Waals surface area contributed by atoms with Crippen LogP contribution < -0.4 is 4.74 Å². The van der Waals surface area contributed by atoms with Crippen molar-refractivity contribution in [3.05, 3.63) is 35.9 Å². The van der Waals surface area contributed by atoms with Crippen LogP contribution in [0.5, 0.6) is 5.75 Å². The van der Waals surface area contributed by atoms with E-state index in [0.717, 1.165) is 11.3 Å². The minimum atomic E-state index is -0.424. The van der Waals surface area contributed by atoms with E-state index in [-0.39, 0.29) is 23.9 Å². The molecule has 3 rings (SSSR count). The van der Waals surface area contributed by atoms with E-state index < -0.39 is 6.10 Å². The number of esters is 1. The van der Waals surface area contributed by atoms with Crippen LogP contribution in [-0.4, -0.2) is 30.4 Å². The Hall–Kier alpha value is -1.81. The maximum atomic E-state index is 11.3. The lowest BCUT2D eigenvalue weighted by atomic mass is 9.91. The number of aliphatic hydroxyl groups is 1. The number of methoxy groups -OCH3 is 1. The molecule has 4 heteroatoms. The molecule has 106 valence electrons. The summed E-state index contributed by atoms with van der Waals surface area (Å²) >= 11 is 0. The summed E-state index contributed by atoms with van der Waals surface area (Å²) in [5.41, 5.74) is 1.05. The Balaban J connectivity index is 1.72. The summed E-state index contributed by atoms with van der Waals surface area (Å²) in [7, 11) is 1.64. The smallest absolute Gasteiger partial charge is 0.306 e. The van der Waals surface area contributed by atoms with E-state index in [2.05, 4.69) is 0 Å². The molecule has 2 aliphatic rings. The lowest BCUT2D eigenvalue weighted by Crippen LogP contribution is -2.17. The van der Waals surface area contributed by atoms with Crippen LogP contribution in [0.4, 0.5) is 0 Å². The second-order valence-electron chi connectivity index (χ2n) is 5.41. The summed E-state index contributed by atoms with van der Waals surface area (Å²) in [5, 5.41) is 10.1. The van der Waals surface area contributed by atoms with Gasteiger partial charge in [-0.15, -0.1) is 0 Å². The van der Waals surface area contributed by atoms with Crippen LogP contribution in [0, 0.1) is 11.8 Å². The molecule has 1 N–H and O–H groups in total. The Morgan fingerprint density at radius 3 is 2.80 bits per heavy atom. The first kappa shape index (κ1) is 13.2. The van der Waals surface area contributed by atoms with Crippen molar-refractivity contribution < 1.29 is 19.4 Å². The normalized spacial score (nSPS) is 32.4. The topological polar surface area (TPSA) is 55.8 Å². The molecule has 0 unspecified atom stereocenters. The molecule has 2 fully saturated rings. The highest BCUT2D eigenvalue weighted by atomic mass is 16.6. The third-order valence-electron chi connectivity index (χ3n) is 4.20. The lowest BCUT2D eigenvalue weighted by Gasteiger charge is -2.14. The predicted octanol–water partition coefficient (Wildman–Crippen LogP) is 2.02. The van der Waals surface area contributed by atoms with Crippen molar-refractivity contribution in [2.24, 2.45) is 11.8 Å². The molecular weight excluding hydrogens is 256 g/mol. The summed E-state index contributed by atoms with van der Waals surface area (Å²) in [4.78, 5) is 11.3. The first-order valence-corrected chi connectivity index (χ1v) is 6.87. The Labute approximate surface area is 118 Å². The summed E-state index contributed by atoms with van der Waals surface area (Å²) in [6.45, 7) is 0. The highest BCUT2D eigenvalue weighted by Gasteiger charge is 2.48. The molecule has 1 aromatic carbocycles. The van der Waals surface area contributed by atoms with Crippen molar-refractivity contribution in [1.82, 2.24) is 0 Å². The Morgan fingerprint density at radius 1 is 1.35 bits per heavy atom. The fourth-order valence-electron chi connectivity index (χ4n) is 3.12. The molecule has 0 radical (unpaired) electrons. The number of fused-ring (bicyclic) bond motifs is 1. The van der Waals surface area contributed by atoms with Gasteiger partial charge in [0.2, 0.25) is 0 Å². The minimum Gasteiger partial charge on any atom is -0.497 e. The summed E-state index contributed by atoms with van der Waals surface area (Å²) in [5.74, 6) is 0.785. The van der Waals surface area contributed by atoms with Crippen molar-refractivity contribution in [3.8, 4) is 5.75 Å². The van der Waals surface area contributed by atoms with Crippen LogP contribution in [-0.2, 0) is 9.53 Å². The zero-order valence-corrected chi connectivity index (χ0v) is 11.4. The van der Waals surface area contributed by atoms with E-state index in [4.69, 9.17) is 9.47 Å². The number of carbonyl (C=O) groups is 1. The molecule has 1 aliphatic carbocycles. The van der Waals surface area contributed by atoms with E-state index in [0.29, 0.717) is 12.8 Å². The van der Waals surface area contributed by atoms with Crippen molar-refractivity contribution >= 4 is 12.0 Å². The Morgan fingerprint density at radius 2 is 2.10 bits per heavy atom. The van der Waals surface area contributed by atoms with E-state index >= 15 is 0 Å². The molecule has 4 nitrogen and oxygen atoms in total. The van der Waals surface area contributed by atoms with Crippen LogP contribution in [0.3, 0.4) is 0 Å². The van der Waals surface area contributed by atoms with Gasteiger partial charge >= 0.3 is 5.97 Å². The van der Waals surface area contributed by atoms with Gasteiger partial charge in [-0.1, -0.05) is 24.3 Å². The van der Waals surface area contributed by atoms with Crippen LogP contribution in [0.2, 0.25) is 0 Å². The number of ether oxygens (including phenoxy) is 2. The number of benzene rings is 1. The second kappa shape index (κ2) is 5.29. The summed E-state index contributed by atoms with van der Waals surface area (Å²) in [6, 6.07) is 7.72. The van der Waals surface area contributed by atoms with Crippen molar-refractivity contribution in [2.75, 3.05) is 7.11 Å². The van der Waals surface area contributed by atoms with Gasteiger partial charge in [0, 0.05) is 18.3 Å². The molecule has 1 aromatic rings. The van der Waals surface area contributed by atoms with Crippen LogP contribution in [0.1, 0.15) is 18.4 Å². The monoisotopic (exact) mass is 274 g/mol. The molecule has 1 saturated carbocycles. The standard InChI is InChI=1S/C16H18O4/c1-19-11-5-2-10(3-6-11)4-7-12-13-8-16(18)20-15(13)9-14(12)17/h2-7,12-15,17H,8-9H2,1H3/b7-4+/t12-,13-,14-,15+/m1/s1. The highest BCUT2D eigenvalue weighted by Crippen LogP contribution is 2.42. The van der Waals surface area contributed by atoms with Gasteiger partial charge < -0.3 is 14.6 Å². The average Bonchev–Trinajstić information content (AvgIpc) is 2.92. The average molecular weight is 274 g/mol. The van der Waals surface area contributed by atoms with Crippen molar-refractivity contribution in [3.63, 3.8) is 0 Å². The number of aliphatic hydroxyl groups excluding tert-OH is 1. The zero-order valence-electron chi connectivity index (χ0n) is 11.4. The quantitative estimate of drug-likeness (QED) is 0.857. The summed E-state index contributed by atoms with van der Waals surface area (Å²) in [6.07, 6.45) is 4.42. The molecular formula is C16H18O4. The molecule has 1 aliphatic heterocycles. The highest BCUT2D eigenvalue weighted by molar-refractivity contribution is 5.72. The lowest BCUT2D eigenvalue weighted by molar-refractivity contribution is -0.141. The zero-order chi connectivity index (χ0) is 14.1. The van der Waals surface area contributed by atoms with Gasteiger partial charge in [-0.05, 0) is 17.7 Å². The minimum absolute atomic E-state index is 0.00597. The van der Waals surface area contributed by atoms with E-state index in [1.807, 2.05) is 36.4 Å². The van der Waals surface area contributed by atoms with E-state index in [1.165, 1.54) is 0 Å². The molecule has 20 heavy (non-hydrogen) atoms. The molecule has 0 aromatic heterocycles. The fourth-order valence-corrected chi connectivity index (χ4v) is 3.12. The molecule has 1 saturated heterocycles.